The highest BCUT2D eigenvalue weighted by Gasteiger charge is 2.15. The van der Waals surface area contributed by atoms with E-state index in [0.717, 1.165) is 24.3 Å². The average molecular weight is 218 g/mol. The predicted molar refractivity (Wildman–Crippen MR) is 64.4 cm³/mol. The van der Waals surface area contributed by atoms with Crippen molar-refractivity contribution in [3.8, 4) is 0 Å². The highest BCUT2D eigenvalue weighted by atomic mass is 15.2. The molecule has 4 heteroatoms. The maximum atomic E-state index is 5.79. The fourth-order valence-electron chi connectivity index (χ4n) is 1.99. The molecular weight excluding hydrogens is 200 g/mol. The number of rotatable bonds is 4. The fraction of sp³-hybridized carbons (Fsp3) is 0.500. The number of hydrogen-bond acceptors (Lipinski definition) is 3. The van der Waals surface area contributed by atoms with Gasteiger partial charge in [0, 0.05) is 18.7 Å². The van der Waals surface area contributed by atoms with Crippen LogP contribution in [-0.4, -0.2) is 21.1 Å². The summed E-state index contributed by atoms with van der Waals surface area (Å²) in [5.74, 6) is 1.29. The summed E-state index contributed by atoms with van der Waals surface area (Å²) < 4.78 is 2.04. The molecule has 2 rings (SSSR count). The van der Waals surface area contributed by atoms with Crippen molar-refractivity contribution in [2.24, 2.45) is 5.73 Å². The van der Waals surface area contributed by atoms with E-state index in [9.17, 15) is 0 Å². The molecule has 0 fully saturated rings. The van der Waals surface area contributed by atoms with E-state index >= 15 is 0 Å². The standard InChI is InChI=1S/C12H18N4/c1-3-4-10(8-13)12-15-14-11-7-9(2)5-6-16(11)12/h5-7,10H,3-4,8,13H2,1-2H3. The molecule has 16 heavy (non-hydrogen) atoms. The van der Waals surface area contributed by atoms with Crippen LogP contribution in [0.4, 0.5) is 0 Å². The summed E-state index contributed by atoms with van der Waals surface area (Å²) in [6.45, 7) is 4.85. The number of aromatic nitrogens is 3. The Kier molecular flexibility index (Phi) is 3.19. The van der Waals surface area contributed by atoms with Gasteiger partial charge in [-0.3, -0.25) is 4.40 Å². The Morgan fingerprint density at radius 2 is 2.25 bits per heavy atom. The zero-order chi connectivity index (χ0) is 11.5. The van der Waals surface area contributed by atoms with E-state index in [-0.39, 0.29) is 0 Å². The van der Waals surface area contributed by atoms with Crippen LogP contribution >= 0.6 is 0 Å². The van der Waals surface area contributed by atoms with E-state index < -0.39 is 0 Å². The van der Waals surface area contributed by atoms with Crippen molar-refractivity contribution in [3.63, 3.8) is 0 Å². The lowest BCUT2D eigenvalue weighted by atomic mass is 10.0. The maximum absolute atomic E-state index is 5.79. The van der Waals surface area contributed by atoms with E-state index in [1.54, 1.807) is 0 Å². The summed E-state index contributed by atoms with van der Waals surface area (Å²) in [5, 5.41) is 8.45. The zero-order valence-corrected chi connectivity index (χ0v) is 9.85. The number of hydrogen-bond donors (Lipinski definition) is 1. The van der Waals surface area contributed by atoms with Gasteiger partial charge in [0.15, 0.2) is 5.65 Å². The Labute approximate surface area is 95.5 Å². The van der Waals surface area contributed by atoms with Gasteiger partial charge < -0.3 is 5.73 Å². The topological polar surface area (TPSA) is 56.2 Å². The van der Waals surface area contributed by atoms with Crippen molar-refractivity contribution in [1.82, 2.24) is 14.6 Å². The molecule has 0 aliphatic heterocycles. The van der Waals surface area contributed by atoms with Crippen LogP contribution in [0.1, 0.15) is 37.1 Å². The highest BCUT2D eigenvalue weighted by Crippen LogP contribution is 2.19. The molecule has 2 aromatic rings. The summed E-state index contributed by atoms with van der Waals surface area (Å²) >= 11 is 0. The Hall–Kier alpha value is -1.42. The SMILES string of the molecule is CCCC(CN)c1nnc2cc(C)ccn12. The second-order valence-electron chi connectivity index (χ2n) is 4.21. The summed E-state index contributed by atoms with van der Waals surface area (Å²) in [7, 11) is 0. The molecule has 2 N–H and O–H groups in total. The van der Waals surface area contributed by atoms with Crippen molar-refractivity contribution >= 4 is 5.65 Å². The molecule has 2 heterocycles. The lowest BCUT2D eigenvalue weighted by Gasteiger charge is -2.11. The monoisotopic (exact) mass is 218 g/mol. The molecular formula is C12H18N4. The molecule has 0 aromatic carbocycles. The Morgan fingerprint density at radius 1 is 1.44 bits per heavy atom. The number of fused-ring (bicyclic) bond motifs is 1. The van der Waals surface area contributed by atoms with Gasteiger partial charge in [-0.05, 0) is 31.0 Å². The lowest BCUT2D eigenvalue weighted by Crippen LogP contribution is -2.15. The molecule has 86 valence electrons. The molecule has 0 spiro atoms. The quantitative estimate of drug-likeness (QED) is 0.852. The molecule has 0 aliphatic rings. The first-order chi connectivity index (χ1) is 7.76. The van der Waals surface area contributed by atoms with Gasteiger partial charge in [0.05, 0.1) is 0 Å². The van der Waals surface area contributed by atoms with Gasteiger partial charge in [-0.1, -0.05) is 13.3 Å². The first-order valence-electron chi connectivity index (χ1n) is 5.77. The maximum Gasteiger partial charge on any atom is 0.161 e. The summed E-state index contributed by atoms with van der Waals surface area (Å²) in [6, 6.07) is 4.11. The van der Waals surface area contributed by atoms with Crippen LogP contribution in [0.2, 0.25) is 0 Å². The molecule has 0 amide bonds. The van der Waals surface area contributed by atoms with E-state index in [1.807, 2.05) is 16.7 Å². The van der Waals surface area contributed by atoms with Crippen molar-refractivity contribution < 1.29 is 0 Å². The molecule has 0 radical (unpaired) electrons. The van der Waals surface area contributed by atoms with Crippen LogP contribution in [0.25, 0.3) is 5.65 Å². The third-order valence-corrected chi connectivity index (χ3v) is 2.88. The van der Waals surface area contributed by atoms with Crippen LogP contribution in [0.3, 0.4) is 0 Å². The smallest absolute Gasteiger partial charge is 0.161 e. The molecule has 0 saturated carbocycles. The average Bonchev–Trinajstić information content (AvgIpc) is 2.68. The number of nitrogens with two attached hydrogens (primary N) is 1. The molecule has 1 atom stereocenters. The van der Waals surface area contributed by atoms with Crippen LogP contribution in [0, 0.1) is 6.92 Å². The van der Waals surface area contributed by atoms with Gasteiger partial charge in [-0.15, -0.1) is 10.2 Å². The molecule has 2 aromatic heterocycles. The van der Waals surface area contributed by atoms with E-state index in [0.29, 0.717) is 12.5 Å². The Bertz CT molecular complexity index is 475. The second kappa shape index (κ2) is 4.61. The molecule has 1 unspecified atom stereocenters. The molecule has 0 bridgehead atoms. The Morgan fingerprint density at radius 3 is 2.94 bits per heavy atom. The van der Waals surface area contributed by atoms with Gasteiger partial charge in [0.25, 0.3) is 0 Å². The van der Waals surface area contributed by atoms with Crippen molar-refractivity contribution in [3.05, 3.63) is 29.7 Å². The van der Waals surface area contributed by atoms with Gasteiger partial charge in [-0.25, -0.2) is 0 Å². The minimum Gasteiger partial charge on any atom is -0.330 e. The van der Waals surface area contributed by atoms with Gasteiger partial charge >= 0.3 is 0 Å². The van der Waals surface area contributed by atoms with Crippen LogP contribution in [0.15, 0.2) is 18.3 Å². The summed E-state index contributed by atoms with van der Waals surface area (Å²) in [4.78, 5) is 0. The van der Waals surface area contributed by atoms with Gasteiger partial charge in [0.1, 0.15) is 5.82 Å². The third-order valence-electron chi connectivity index (χ3n) is 2.88. The van der Waals surface area contributed by atoms with Crippen molar-refractivity contribution in [2.45, 2.75) is 32.6 Å². The van der Waals surface area contributed by atoms with Crippen molar-refractivity contribution in [1.29, 1.82) is 0 Å². The normalized spacial score (nSPS) is 13.2. The third kappa shape index (κ3) is 1.93. The summed E-state index contributed by atoms with van der Waals surface area (Å²) in [6.07, 6.45) is 4.20. The fourth-order valence-corrected chi connectivity index (χ4v) is 1.99. The Balaban J connectivity index is 2.44. The number of aryl methyl sites for hydroxylation is 1. The predicted octanol–water partition coefficient (Wildman–Crippen LogP) is 1.88. The molecule has 0 saturated heterocycles. The zero-order valence-electron chi connectivity index (χ0n) is 9.85. The highest BCUT2D eigenvalue weighted by molar-refractivity contribution is 5.41. The number of nitrogens with zero attached hydrogens (tertiary/aromatic N) is 3. The number of pyridine rings is 1. The molecule has 4 nitrogen and oxygen atoms in total. The van der Waals surface area contributed by atoms with Crippen LogP contribution in [-0.2, 0) is 0 Å². The minimum absolute atomic E-state index is 0.308. The minimum atomic E-state index is 0.308. The molecule has 0 aliphatic carbocycles. The first-order valence-corrected chi connectivity index (χ1v) is 5.77. The first kappa shape index (κ1) is 11.1. The van der Waals surface area contributed by atoms with Crippen molar-refractivity contribution in [2.75, 3.05) is 6.54 Å². The second-order valence-corrected chi connectivity index (χ2v) is 4.21. The van der Waals surface area contributed by atoms with E-state index in [2.05, 4.69) is 30.1 Å². The van der Waals surface area contributed by atoms with Crippen LogP contribution in [0.5, 0.6) is 0 Å². The van der Waals surface area contributed by atoms with E-state index in [1.165, 1.54) is 5.56 Å². The van der Waals surface area contributed by atoms with Gasteiger partial charge in [0.2, 0.25) is 0 Å². The van der Waals surface area contributed by atoms with E-state index in [4.69, 9.17) is 5.73 Å². The largest absolute Gasteiger partial charge is 0.330 e. The van der Waals surface area contributed by atoms with Gasteiger partial charge in [-0.2, -0.15) is 0 Å². The van der Waals surface area contributed by atoms with Crippen LogP contribution < -0.4 is 5.73 Å². The lowest BCUT2D eigenvalue weighted by molar-refractivity contribution is 0.583. The summed E-state index contributed by atoms with van der Waals surface area (Å²) in [5.41, 5.74) is 7.90.